The topological polar surface area (TPSA) is 40.9 Å². The molecule has 0 aromatic heterocycles. The number of nitrogens with zero attached hydrogens (tertiary/aromatic N) is 1. The summed E-state index contributed by atoms with van der Waals surface area (Å²) in [6.45, 7) is 0. The Morgan fingerprint density at radius 1 is 1.00 bits per heavy atom. The molecular formula is C15H13NOS. The lowest BCUT2D eigenvalue weighted by Crippen LogP contribution is -2.01. The molecule has 90 valence electrons. The molecule has 18 heavy (non-hydrogen) atoms. The minimum atomic E-state index is -0.956. The number of aryl methyl sites for hydroxylation is 1. The molecule has 2 nitrogen and oxygen atoms in total. The number of nitriles is 1. The van der Waals surface area contributed by atoms with Crippen LogP contribution in [0.5, 0.6) is 0 Å². The highest BCUT2D eigenvalue weighted by Crippen LogP contribution is 2.09. The Morgan fingerprint density at radius 3 is 2.28 bits per heavy atom. The van der Waals surface area contributed by atoms with Gasteiger partial charge < -0.3 is 0 Å². The van der Waals surface area contributed by atoms with E-state index >= 15 is 0 Å². The number of hydrogen-bond donors (Lipinski definition) is 0. The zero-order chi connectivity index (χ0) is 12.8. The SMILES string of the molecule is N#Cc1ccc(CCS(=O)c2ccccc2)cc1. The molecule has 2 aromatic rings. The summed E-state index contributed by atoms with van der Waals surface area (Å²) in [5, 5.41) is 8.70. The molecule has 0 N–H and O–H groups in total. The molecule has 0 radical (unpaired) electrons. The van der Waals surface area contributed by atoms with Gasteiger partial charge in [0.25, 0.3) is 0 Å². The van der Waals surface area contributed by atoms with Crippen molar-refractivity contribution < 1.29 is 4.21 Å². The summed E-state index contributed by atoms with van der Waals surface area (Å²) >= 11 is 0. The molecule has 1 unspecified atom stereocenters. The summed E-state index contributed by atoms with van der Waals surface area (Å²) in [5.41, 5.74) is 1.77. The monoisotopic (exact) mass is 255 g/mol. The predicted molar refractivity (Wildman–Crippen MR) is 72.6 cm³/mol. The van der Waals surface area contributed by atoms with Gasteiger partial charge in [-0.1, -0.05) is 30.3 Å². The molecule has 0 bridgehead atoms. The Hall–Kier alpha value is -1.92. The normalized spacial score (nSPS) is 11.7. The van der Waals surface area contributed by atoms with Crippen LogP contribution in [-0.2, 0) is 17.2 Å². The Balaban J connectivity index is 1.95. The van der Waals surface area contributed by atoms with Crippen molar-refractivity contribution in [1.82, 2.24) is 0 Å². The van der Waals surface area contributed by atoms with E-state index in [0.29, 0.717) is 11.3 Å². The van der Waals surface area contributed by atoms with Crippen LogP contribution in [0.4, 0.5) is 0 Å². The van der Waals surface area contributed by atoms with Gasteiger partial charge in [-0.15, -0.1) is 0 Å². The zero-order valence-electron chi connectivity index (χ0n) is 9.87. The molecule has 0 fully saturated rings. The first kappa shape index (κ1) is 12.5. The van der Waals surface area contributed by atoms with Crippen LogP contribution < -0.4 is 0 Å². The summed E-state index contributed by atoms with van der Waals surface area (Å²) in [4.78, 5) is 0.867. The summed E-state index contributed by atoms with van der Waals surface area (Å²) in [5.74, 6) is 0.607. The maximum atomic E-state index is 12.0. The third kappa shape index (κ3) is 3.28. The average molecular weight is 255 g/mol. The Kier molecular flexibility index (Phi) is 4.27. The van der Waals surface area contributed by atoms with Crippen molar-refractivity contribution in [3.05, 3.63) is 65.7 Å². The lowest BCUT2D eigenvalue weighted by atomic mass is 10.1. The van der Waals surface area contributed by atoms with Gasteiger partial charge in [-0.2, -0.15) is 5.26 Å². The van der Waals surface area contributed by atoms with Gasteiger partial charge in [0.15, 0.2) is 0 Å². The van der Waals surface area contributed by atoms with Crippen LogP contribution in [0.2, 0.25) is 0 Å². The molecule has 3 heteroatoms. The van der Waals surface area contributed by atoms with E-state index in [1.54, 1.807) is 12.1 Å². The van der Waals surface area contributed by atoms with Crippen molar-refractivity contribution in [2.24, 2.45) is 0 Å². The van der Waals surface area contributed by atoms with Crippen LogP contribution in [0.3, 0.4) is 0 Å². The van der Waals surface area contributed by atoms with Gasteiger partial charge in [0.2, 0.25) is 0 Å². The van der Waals surface area contributed by atoms with E-state index in [1.165, 1.54) is 0 Å². The molecule has 0 aliphatic carbocycles. The smallest absolute Gasteiger partial charge is 0.0991 e. The first-order valence-electron chi connectivity index (χ1n) is 5.72. The minimum Gasteiger partial charge on any atom is -0.254 e. The van der Waals surface area contributed by atoms with E-state index < -0.39 is 10.8 Å². The lowest BCUT2D eigenvalue weighted by Gasteiger charge is -2.02. The number of hydrogen-bond acceptors (Lipinski definition) is 2. The Morgan fingerprint density at radius 2 is 1.67 bits per heavy atom. The van der Waals surface area contributed by atoms with Gasteiger partial charge in [-0.3, -0.25) is 4.21 Å². The number of rotatable bonds is 4. The van der Waals surface area contributed by atoms with E-state index in [-0.39, 0.29) is 0 Å². The maximum absolute atomic E-state index is 12.0. The number of benzene rings is 2. The fourth-order valence-electron chi connectivity index (χ4n) is 1.65. The van der Waals surface area contributed by atoms with E-state index in [0.717, 1.165) is 16.9 Å². The highest BCUT2D eigenvalue weighted by atomic mass is 32.2. The van der Waals surface area contributed by atoms with E-state index in [2.05, 4.69) is 6.07 Å². The fraction of sp³-hybridized carbons (Fsp3) is 0.133. The summed E-state index contributed by atoms with van der Waals surface area (Å²) in [6, 6.07) is 19.0. The molecule has 0 aliphatic heterocycles. The van der Waals surface area contributed by atoms with Gasteiger partial charge in [0, 0.05) is 10.6 Å². The van der Waals surface area contributed by atoms with E-state index in [4.69, 9.17) is 5.26 Å². The lowest BCUT2D eigenvalue weighted by molar-refractivity contribution is 0.682. The second-order valence-electron chi connectivity index (χ2n) is 3.92. The quantitative estimate of drug-likeness (QED) is 0.842. The van der Waals surface area contributed by atoms with Crippen molar-refractivity contribution in [2.75, 3.05) is 5.75 Å². The van der Waals surface area contributed by atoms with E-state index in [1.807, 2.05) is 42.5 Å². The molecule has 0 heterocycles. The molecule has 0 saturated heterocycles. The van der Waals surface area contributed by atoms with Crippen molar-refractivity contribution >= 4 is 10.8 Å². The van der Waals surface area contributed by atoms with Gasteiger partial charge in [0.05, 0.1) is 22.4 Å². The molecule has 2 rings (SSSR count). The standard InChI is InChI=1S/C15H13NOS/c16-12-14-8-6-13(7-9-14)10-11-18(17)15-4-2-1-3-5-15/h1-9H,10-11H2. The van der Waals surface area contributed by atoms with Crippen molar-refractivity contribution in [3.63, 3.8) is 0 Å². The Labute approximate surface area is 109 Å². The second kappa shape index (κ2) is 6.13. The van der Waals surface area contributed by atoms with Gasteiger partial charge in [-0.25, -0.2) is 0 Å². The first-order valence-corrected chi connectivity index (χ1v) is 7.04. The van der Waals surface area contributed by atoms with Gasteiger partial charge in [-0.05, 0) is 36.2 Å². The highest BCUT2D eigenvalue weighted by molar-refractivity contribution is 7.85. The highest BCUT2D eigenvalue weighted by Gasteiger charge is 2.03. The minimum absolute atomic E-state index is 0.607. The largest absolute Gasteiger partial charge is 0.254 e. The summed E-state index contributed by atoms with van der Waals surface area (Å²) in [6.07, 6.45) is 0.757. The maximum Gasteiger partial charge on any atom is 0.0991 e. The van der Waals surface area contributed by atoms with Crippen molar-refractivity contribution in [2.45, 2.75) is 11.3 Å². The average Bonchev–Trinajstić information content (AvgIpc) is 2.46. The van der Waals surface area contributed by atoms with Gasteiger partial charge >= 0.3 is 0 Å². The molecule has 0 aliphatic rings. The van der Waals surface area contributed by atoms with Crippen molar-refractivity contribution in [1.29, 1.82) is 5.26 Å². The third-order valence-corrected chi connectivity index (χ3v) is 4.04. The van der Waals surface area contributed by atoms with Crippen LogP contribution in [0.15, 0.2) is 59.5 Å². The van der Waals surface area contributed by atoms with Crippen molar-refractivity contribution in [3.8, 4) is 6.07 Å². The second-order valence-corrected chi connectivity index (χ2v) is 5.49. The van der Waals surface area contributed by atoms with Crippen LogP contribution in [-0.4, -0.2) is 9.96 Å². The molecule has 1 atom stereocenters. The van der Waals surface area contributed by atoms with Crippen LogP contribution >= 0.6 is 0 Å². The molecular weight excluding hydrogens is 242 g/mol. The fourth-order valence-corrected chi connectivity index (χ4v) is 2.76. The molecule has 0 spiro atoms. The van der Waals surface area contributed by atoms with Crippen LogP contribution in [0, 0.1) is 11.3 Å². The summed E-state index contributed by atoms with van der Waals surface area (Å²) < 4.78 is 12.0. The molecule has 0 amide bonds. The molecule has 0 saturated carbocycles. The predicted octanol–water partition coefficient (Wildman–Crippen LogP) is 2.91. The molecule has 2 aromatic carbocycles. The summed E-state index contributed by atoms with van der Waals surface area (Å²) in [7, 11) is -0.956. The van der Waals surface area contributed by atoms with Gasteiger partial charge in [0.1, 0.15) is 0 Å². The first-order chi connectivity index (χ1) is 8.79. The Bertz CT molecular complexity index is 570. The zero-order valence-corrected chi connectivity index (χ0v) is 10.7. The third-order valence-electron chi connectivity index (χ3n) is 2.67. The van der Waals surface area contributed by atoms with Crippen LogP contribution in [0.1, 0.15) is 11.1 Å². The van der Waals surface area contributed by atoms with E-state index in [9.17, 15) is 4.21 Å². The van der Waals surface area contributed by atoms with Crippen LogP contribution in [0.25, 0.3) is 0 Å².